The molecule has 1 aliphatic heterocycles. The molecule has 128 valence electrons. The normalized spacial score (nSPS) is 28.3. The first-order chi connectivity index (χ1) is 11.8. The Bertz CT molecular complexity index is 662. The summed E-state index contributed by atoms with van der Waals surface area (Å²) in [6, 6.07) is 7.23. The lowest BCUT2D eigenvalue weighted by molar-refractivity contribution is 0.0908. The first-order valence-corrected chi connectivity index (χ1v) is 9.54. The van der Waals surface area contributed by atoms with Gasteiger partial charge >= 0.3 is 0 Å². The summed E-state index contributed by atoms with van der Waals surface area (Å²) in [6.45, 7) is 2.08. The van der Waals surface area contributed by atoms with Gasteiger partial charge in [-0.3, -0.25) is 4.90 Å². The van der Waals surface area contributed by atoms with E-state index in [1.165, 1.54) is 43.2 Å². The largest absolute Gasteiger partial charge is 0.484 e. The second kappa shape index (κ2) is 6.92. The van der Waals surface area contributed by atoms with E-state index in [1.54, 1.807) is 0 Å². The highest BCUT2D eigenvalue weighted by molar-refractivity contribution is 6.31. The molecule has 2 aliphatic carbocycles. The van der Waals surface area contributed by atoms with Crippen molar-refractivity contribution in [1.82, 2.24) is 4.90 Å². The highest BCUT2D eigenvalue weighted by Gasteiger charge is 2.44. The van der Waals surface area contributed by atoms with Crippen molar-refractivity contribution in [3.05, 3.63) is 40.1 Å². The molecule has 0 spiro atoms. The maximum Gasteiger partial charge on any atom is 0.193 e. The van der Waals surface area contributed by atoms with Crippen molar-refractivity contribution in [1.29, 1.82) is 0 Å². The topological polar surface area (TPSA) is 29.5 Å². The molecule has 1 aromatic carbocycles. The van der Waals surface area contributed by atoms with E-state index in [2.05, 4.69) is 23.1 Å². The second-order valence-corrected chi connectivity index (χ2v) is 7.78. The first-order valence-electron chi connectivity index (χ1n) is 9.16. The molecule has 24 heavy (non-hydrogen) atoms. The lowest BCUT2D eigenvalue weighted by Gasteiger charge is -2.27. The zero-order valence-electron chi connectivity index (χ0n) is 14.0. The van der Waals surface area contributed by atoms with E-state index in [9.17, 15) is 4.79 Å². The fourth-order valence-electron chi connectivity index (χ4n) is 4.40. The zero-order chi connectivity index (χ0) is 16.5. The quantitative estimate of drug-likeness (QED) is 0.765. The Labute approximate surface area is 148 Å². The fourth-order valence-corrected chi connectivity index (χ4v) is 4.75. The van der Waals surface area contributed by atoms with Gasteiger partial charge in [-0.1, -0.05) is 43.0 Å². The molecule has 2 unspecified atom stereocenters. The van der Waals surface area contributed by atoms with Crippen LogP contribution in [0.1, 0.15) is 61.5 Å². The van der Waals surface area contributed by atoms with Gasteiger partial charge in [0.25, 0.3) is 0 Å². The lowest BCUT2D eigenvalue weighted by Crippen LogP contribution is -2.37. The molecular weight excluding hydrogens is 322 g/mol. The minimum atomic E-state index is 0.442. The summed E-state index contributed by atoms with van der Waals surface area (Å²) < 4.78 is 5.31. The minimum absolute atomic E-state index is 0.442. The molecule has 1 saturated heterocycles. The summed E-state index contributed by atoms with van der Waals surface area (Å²) in [7, 11) is 0. The molecule has 1 heterocycles. The number of hydrogen-bond acceptors (Lipinski definition) is 3. The predicted molar refractivity (Wildman–Crippen MR) is 95.2 cm³/mol. The van der Waals surface area contributed by atoms with Crippen LogP contribution in [0.15, 0.2) is 24.0 Å². The standard InChI is InChI=1S/C20H24ClNO2/c21-19-10-15(6-7-17(19)14-4-2-1-3-5-14)18-11-20(18)22-8-9-24-16(12-22)13-23/h6-7,10,14,18,20H,1-5,8-9,11-12H2. The Hall–Kier alpha value is -1.28. The third-order valence-electron chi connectivity index (χ3n) is 5.84. The van der Waals surface area contributed by atoms with Gasteiger partial charge in [-0.05, 0) is 42.4 Å². The van der Waals surface area contributed by atoms with Gasteiger partial charge < -0.3 is 4.74 Å². The van der Waals surface area contributed by atoms with Gasteiger partial charge in [0.15, 0.2) is 11.7 Å². The maximum absolute atomic E-state index is 10.8. The molecule has 0 bridgehead atoms. The average molecular weight is 346 g/mol. The fraction of sp³-hybridized carbons (Fsp3) is 0.600. The van der Waals surface area contributed by atoms with Crippen LogP contribution < -0.4 is 0 Å². The number of morpholine rings is 1. The summed E-state index contributed by atoms with van der Waals surface area (Å²) >= 11 is 6.62. The molecule has 0 aromatic heterocycles. The van der Waals surface area contributed by atoms with Crippen LogP contribution in [0.3, 0.4) is 0 Å². The second-order valence-electron chi connectivity index (χ2n) is 7.37. The van der Waals surface area contributed by atoms with Crippen LogP contribution in [0.25, 0.3) is 0 Å². The number of benzene rings is 1. The molecule has 0 N–H and O–H groups in total. The van der Waals surface area contributed by atoms with Crippen molar-refractivity contribution >= 4 is 17.5 Å². The van der Waals surface area contributed by atoms with Crippen LogP contribution in [0.2, 0.25) is 5.02 Å². The molecule has 3 fully saturated rings. The summed E-state index contributed by atoms with van der Waals surface area (Å²) in [5.41, 5.74) is 2.68. The van der Waals surface area contributed by atoms with Gasteiger partial charge in [0, 0.05) is 23.5 Å². The van der Waals surface area contributed by atoms with Crippen LogP contribution >= 0.6 is 11.6 Å². The first kappa shape index (κ1) is 16.2. The average Bonchev–Trinajstić information content (AvgIpc) is 3.43. The molecule has 3 nitrogen and oxygen atoms in total. The molecular formula is C20H24ClNO2. The van der Waals surface area contributed by atoms with Crippen molar-refractivity contribution in [3.8, 4) is 0 Å². The Morgan fingerprint density at radius 2 is 2.04 bits per heavy atom. The summed E-state index contributed by atoms with van der Waals surface area (Å²) in [4.78, 5) is 13.1. The SMILES string of the molecule is O=C=C1CN(C2CC2c2ccc(C3CCCCC3)c(Cl)c2)CCO1. The van der Waals surface area contributed by atoms with Gasteiger partial charge in [0.2, 0.25) is 0 Å². The number of nitrogens with zero attached hydrogens (tertiary/aromatic N) is 1. The van der Waals surface area contributed by atoms with E-state index in [1.807, 2.05) is 5.94 Å². The minimum Gasteiger partial charge on any atom is -0.484 e. The highest BCUT2D eigenvalue weighted by atomic mass is 35.5. The van der Waals surface area contributed by atoms with Crippen molar-refractivity contribution in [2.45, 2.75) is 56.4 Å². The van der Waals surface area contributed by atoms with E-state index in [0.717, 1.165) is 18.0 Å². The maximum atomic E-state index is 10.8. The Balaban J connectivity index is 1.44. The third-order valence-corrected chi connectivity index (χ3v) is 6.17. The molecule has 4 rings (SSSR count). The smallest absolute Gasteiger partial charge is 0.193 e. The van der Waals surface area contributed by atoms with Crippen LogP contribution in [-0.4, -0.2) is 36.6 Å². The van der Waals surface area contributed by atoms with E-state index in [-0.39, 0.29) is 0 Å². The van der Waals surface area contributed by atoms with E-state index in [4.69, 9.17) is 16.3 Å². The Kier molecular flexibility index (Phi) is 4.67. The summed E-state index contributed by atoms with van der Waals surface area (Å²) in [5.74, 6) is 3.53. The van der Waals surface area contributed by atoms with Crippen molar-refractivity contribution in [2.75, 3.05) is 19.7 Å². The molecule has 0 amide bonds. The Morgan fingerprint density at radius 3 is 2.79 bits per heavy atom. The predicted octanol–water partition coefficient (Wildman–Crippen LogP) is 4.29. The van der Waals surface area contributed by atoms with Crippen molar-refractivity contribution < 1.29 is 9.53 Å². The number of ether oxygens (including phenoxy) is 1. The van der Waals surface area contributed by atoms with Crippen LogP contribution in [-0.2, 0) is 9.53 Å². The Morgan fingerprint density at radius 1 is 1.21 bits per heavy atom. The number of hydrogen-bond donors (Lipinski definition) is 0. The van der Waals surface area contributed by atoms with Gasteiger partial charge in [-0.15, -0.1) is 0 Å². The molecule has 4 heteroatoms. The molecule has 0 radical (unpaired) electrons. The van der Waals surface area contributed by atoms with Gasteiger partial charge in [-0.25, -0.2) is 4.79 Å². The number of carbonyl (C=O) groups excluding carboxylic acids is 1. The summed E-state index contributed by atoms with van der Waals surface area (Å²) in [5, 5.41) is 0.945. The third kappa shape index (κ3) is 3.26. The lowest BCUT2D eigenvalue weighted by atomic mass is 9.83. The van der Waals surface area contributed by atoms with Crippen LogP contribution in [0.5, 0.6) is 0 Å². The van der Waals surface area contributed by atoms with Crippen molar-refractivity contribution in [3.63, 3.8) is 0 Å². The van der Waals surface area contributed by atoms with Gasteiger partial charge in [0.05, 0.1) is 6.54 Å². The number of rotatable bonds is 3. The highest BCUT2D eigenvalue weighted by Crippen LogP contribution is 2.47. The van der Waals surface area contributed by atoms with E-state index >= 15 is 0 Å². The van der Waals surface area contributed by atoms with Gasteiger partial charge in [-0.2, -0.15) is 0 Å². The van der Waals surface area contributed by atoms with Crippen molar-refractivity contribution in [2.24, 2.45) is 0 Å². The molecule has 1 aromatic rings. The molecule has 3 aliphatic rings. The van der Waals surface area contributed by atoms with Crippen LogP contribution in [0, 0.1) is 0 Å². The zero-order valence-corrected chi connectivity index (χ0v) is 14.7. The molecule has 2 atom stereocenters. The van der Waals surface area contributed by atoms with E-state index < -0.39 is 0 Å². The monoisotopic (exact) mass is 345 g/mol. The summed E-state index contributed by atoms with van der Waals surface area (Å²) in [6.07, 6.45) is 7.73. The number of halogens is 1. The van der Waals surface area contributed by atoms with Gasteiger partial charge in [0.1, 0.15) is 6.61 Å². The van der Waals surface area contributed by atoms with Crippen LogP contribution in [0.4, 0.5) is 0 Å². The molecule has 2 saturated carbocycles. The van der Waals surface area contributed by atoms with E-state index in [0.29, 0.717) is 36.8 Å².